The lowest BCUT2D eigenvalue weighted by Crippen LogP contribution is -2.42. The molecule has 1 aliphatic carbocycles. The second-order valence-electron chi connectivity index (χ2n) is 9.96. The minimum atomic E-state index is -0.0420. The average Bonchev–Trinajstić information content (AvgIpc) is 3.68. The summed E-state index contributed by atoms with van der Waals surface area (Å²) in [5.41, 5.74) is 4.76. The third-order valence-corrected chi connectivity index (χ3v) is 6.80. The number of rotatable bonds is 13. The van der Waals surface area contributed by atoms with Crippen LogP contribution >= 0.6 is 0 Å². The highest BCUT2D eigenvalue weighted by Gasteiger charge is 2.30. The molecule has 5 rings (SSSR count). The number of benzene rings is 2. The zero-order valence-corrected chi connectivity index (χ0v) is 20.2. The third-order valence-electron chi connectivity index (χ3n) is 6.80. The number of hydrogen-bond donors (Lipinski definition) is 1. The summed E-state index contributed by atoms with van der Waals surface area (Å²) in [5, 5.41) is 3.03. The van der Waals surface area contributed by atoms with E-state index >= 15 is 0 Å². The van der Waals surface area contributed by atoms with Gasteiger partial charge in [-0.25, -0.2) is 4.79 Å². The van der Waals surface area contributed by atoms with Crippen molar-refractivity contribution in [3.05, 3.63) is 59.7 Å². The van der Waals surface area contributed by atoms with Gasteiger partial charge in [0.1, 0.15) is 0 Å². The summed E-state index contributed by atoms with van der Waals surface area (Å²) in [7, 11) is 0. The number of unbranched alkanes of at least 4 members (excludes halogenated alkanes) is 1. The zero-order chi connectivity index (χ0) is 23.3. The van der Waals surface area contributed by atoms with Gasteiger partial charge in [0, 0.05) is 31.0 Å². The second kappa shape index (κ2) is 10.8. The number of carbonyl (C=O) groups is 1. The van der Waals surface area contributed by atoms with Crippen molar-refractivity contribution in [3.8, 4) is 0 Å². The lowest BCUT2D eigenvalue weighted by atomic mass is 10.0. The van der Waals surface area contributed by atoms with E-state index in [1.54, 1.807) is 0 Å². The Balaban J connectivity index is 1.20. The number of amides is 2. The van der Waals surface area contributed by atoms with Crippen LogP contribution in [-0.4, -0.2) is 57.6 Å². The molecule has 2 unspecified atom stereocenters. The van der Waals surface area contributed by atoms with Gasteiger partial charge in [-0.2, -0.15) is 0 Å². The molecule has 3 aliphatic rings. The van der Waals surface area contributed by atoms with Crippen molar-refractivity contribution in [1.82, 2.24) is 5.32 Å². The van der Waals surface area contributed by atoms with Gasteiger partial charge in [-0.1, -0.05) is 37.6 Å². The van der Waals surface area contributed by atoms with E-state index in [0.29, 0.717) is 19.2 Å². The highest BCUT2D eigenvalue weighted by Crippen LogP contribution is 2.32. The van der Waals surface area contributed by atoms with Gasteiger partial charge in [-0.3, -0.25) is 4.90 Å². The molecule has 182 valence electrons. The third kappa shape index (κ3) is 6.73. The first kappa shape index (κ1) is 23.2. The van der Waals surface area contributed by atoms with Crippen molar-refractivity contribution in [1.29, 1.82) is 0 Å². The van der Waals surface area contributed by atoms with E-state index < -0.39 is 0 Å². The first-order chi connectivity index (χ1) is 16.7. The van der Waals surface area contributed by atoms with E-state index in [-0.39, 0.29) is 12.1 Å². The van der Waals surface area contributed by atoms with Crippen LogP contribution in [0.5, 0.6) is 0 Å². The van der Waals surface area contributed by atoms with E-state index in [4.69, 9.17) is 9.47 Å². The molecule has 0 spiro atoms. The number of anilines is 2. The van der Waals surface area contributed by atoms with Gasteiger partial charge >= 0.3 is 6.03 Å². The lowest BCUT2D eigenvalue weighted by Gasteiger charge is -2.24. The van der Waals surface area contributed by atoms with Gasteiger partial charge in [-0.05, 0) is 67.0 Å². The van der Waals surface area contributed by atoms with Crippen molar-refractivity contribution in [3.63, 3.8) is 0 Å². The monoisotopic (exact) mass is 463 g/mol. The standard InChI is InChI=1S/C28H37N3O3/c1-2-3-14-29-28(32)31(18-27-20-34-27)25-12-8-22(9-13-25)15-21-6-10-24(11-7-21)30(16-23-4-5-23)17-26-19-33-26/h6-13,23,26-27H,2-5,14-20H2,1H3,(H,29,32). The normalized spacial score (nSPS) is 20.6. The number of urea groups is 1. The molecule has 0 radical (unpaired) electrons. The minimum Gasteiger partial charge on any atom is -0.371 e. The number of hydrogen-bond acceptors (Lipinski definition) is 4. The molecule has 34 heavy (non-hydrogen) atoms. The Hall–Kier alpha value is -2.57. The maximum absolute atomic E-state index is 12.7. The van der Waals surface area contributed by atoms with Crippen LogP contribution < -0.4 is 15.1 Å². The molecule has 2 saturated heterocycles. The minimum absolute atomic E-state index is 0.0420. The van der Waals surface area contributed by atoms with Crippen molar-refractivity contribution in [2.45, 2.75) is 51.2 Å². The molecule has 2 heterocycles. The van der Waals surface area contributed by atoms with Gasteiger partial charge in [0.15, 0.2) is 0 Å². The molecule has 2 amide bonds. The number of carbonyl (C=O) groups excluding carboxylic acids is 1. The van der Waals surface area contributed by atoms with E-state index in [2.05, 4.69) is 65.7 Å². The molecular weight excluding hydrogens is 426 g/mol. The lowest BCUT2D eigenvalue weighted by molar-refractivity contribution is 0.245. The maximum Gasteiger partial charge on any atom is 0.321 e. The van der Waals surface area contributed by atoms with E-state index in [9.17, 15) is 4.79 Å². The fourth-order valence-corrected chi connectivity index (χ4v) is 4.32. The fraction of sp³-hybridized carbons (Fsp3) is 0.536. The van der Waals surface area contributed by atoms with Gasteiger partial charge in [0.2, 0.25) is 0 Å². The van der Waals surface area contributed by atoms with Gasteiger partial charge < -0.3 is 19.7 Å². The smallest absolute Gasteiger partial charge is 0.321 e. The van der Waals surface area contributed by atoms with Crippen LogP contribution in [0.3, 0.4) is 0 Å². The van der Waals surface area contributed by atoms with E-state index in [0.717, 1.165) is 57.2 Å². The number of nitrogens with zero attached hydrogens (tertiary/aromatic N) is 2. The van der Waals surface area contributed by atoms with Crippen LogP contribution in [0.1, 0.15) is 43.7 Å². The average molecular weight is 464 g/mol. The molecule has 2 aliphatic heterocycles. The van der Waals surface area contributed by atoms with E-state index in [1.165, 1.54) is 29.7 Å². The van der Waals surface area contributed by atoms with Crippen LogP contribution in [0.2, 0.25) is 0 Å². The predicted molar refractivity (Wildman–Crippen MR) is 136 cm³/mol. The Labute approximate surface area is 203 Å². The van der Waals surface area contributed by atoms with Crippen LogP contribution in [0.15, 0.2) is 48.5 Å². The molecule has 2 aromatic carbocycles. The zero-order valence-electron chi connectivity index (χ0n) is 20.2. The Morgan fingerprint density at radius 1 is 0.882 bits per heavy atom. The number of nitrogens with one attached hydrogen (secondary N) is 1. The molecule has 2 aromatic rings. The Morgan fingerprint density at radius 3 is 2.03 bits per heavy atom. The molecule has 2 atom stereocenters. The molecular formula is C28H37N3O3. The highest BCUT2D eigenvalue weighted by molar-refractivity contribution is 5.92. The number of epoxide rings is 2. The largest absolute Gasteiger partial charge is 0.371 e. The topological polar surface area (TPSA) is 60.6 Å². The first-order valence-corrected chi connectivity index (χ1v) is 12.9. The summed E-state index contributed by atoms with van der Waals surface area (Å²) in [4.78, 5) is 17.0. The van der Waals surface area contributed by atoms with Crippen LogP contribution in [0.25, 0.3) is 0 Å². The Bertz CT molecular complexity index is 920. The van der Waals surface area contributed by atoms with Crippen LogP contribution in [0, 0.1) is 5.92 Å². The van der Waals surface area contributed by atoms with Crippen molar-refractivity contribution < 1.29 is 14.3 Å². The molecule has 0 aromatic heterocycles. The van der Waals surface area contributed by atoms with Crippen LogP contribution in [0.4, 0.5) is 16.2 Å². The van der Waals surface area contributed by atoms with Crippen LogP contribution in [-0.2, 0) is 15.9 Å². The summed E-state index contributed by atoms with van der Waals surface area (Å²) in [6.45, 7) is 7.22. The summed E-state index contributed by atoms with van der Waals surface area (Å²) < 4.78 is 10.9. The van der Waals surface area contributed by atoms with Crippen molar-refractivity contribution in [2.75, 3.05) is 49.2 Å². The highest BCUT2D eigenvalue weighted by atomic mass is 16.6. The molecule has 3 fully saturated rings. The summed E-state index contributed by atoms with van der Waals surface area (Å²) in [6.07, 6.45) is 6.23. The fourth-order valence-electron chi connectivity index (χ4n) is 4.32. The van der Waals surface area contributed by atoms with Crippen molar-refractivity contribution >= 4 is 17.4 Å². The SMILES string of the molecule is CCCCNC(=O)N(CC1CO1)c1ccc(Cc2ccc(N(CC3CC3)CC3CO3)cc2)cc1. The second-order valence-corrected chi connectivity index (χ2v) is 9.96. The summed E-state index contributed by atoms with van der Waals surface area (Å²) >= 11 is 0. The summed E-state index contributed by atoms with van der Waals surface area (Å²) in [5.74, 6) is 0.858. The Morgan fingerprint density at radius 2 is 1.47 bits per heavy atom. The number of ether oxygens (including phenoxy) is 2. The molecule has 6 heteroatoms. The first-order valence-electron chi connectivity index (χ1n) is 12.9. The molecule has 0 bridgehead atoms. The molecule has 1 saturated carbocycles. The maximum atomic E-state index is 12.7. The van der Waals surface area contributed by atoms with E-state index in [1.807, 2.05) is 4.90 Å². The predicted octanol–water partition coefficient (Wildman–Crippen LogP) is 4.61. The van der Waals surface area contributed by atoms with Gasteiger partial charge in [0.05, 0.1) is 32.0 Å². The molecule has 6 nitrogen and oxygen atoms in total. The summed E-state index contributed by atoms with van der Waals surface area (Å²) in [6, 6.07) is 17.3. The van der Waals surface area contributed by atoms with Gasteiger partial charge in [-0.15, -0.1) is 0 Å². The quantitative estimate of drug-likeness (QED) is 0.348. The van der Waals surface area contributed by atoms with Gasteiger partial charge in [0.25, 0.3) is 0 Å². The van der Waals surface area contributed by atoms with Crippen molar-refractivity contribution in [2.24, 2.45) is 5.92 Å². The molecule has 1 N–H and O–H groups in total. The Kier molecular flexibility index (Phi) is 7.36.